The Labute approximate surface area is 226 Å². The van der Waals surface area contributed by atoms with Gasteiger partial charge in [-0.15, -0.1) is 0 Å². The van der Waals surface area contributed by atoms with Gasteiger partial charge < -0.3 is 19.3 Å². The monoisotopic (exact) mass is 517 g/mol. The van der Waals surface area contributed by atoms with E-state index in [1.807, 2.05) is 29.2 Å². The number of hydrogen-bond donors (Lipinski definition) is 0. The maximum absolute atomic E-state index is 13.4. The van der Waals surface area contributed by atoms with E-state index in [1.54, 1.807) is 26.6 Å². The van der Waals surface area contributed by atoms with Gasteiger partial charge >= 0.3 is 0 Å². The summed E-state index contributed by atoms with van der Waals surface area (Å²) in [5, 5.41) is 0. The number of carbonyl (C=O) groups excluding carboxylic acids is 1. The Hall–Kier alpha value is -3.65. The van der Waals surface area contributed by atoms with E-state index in [0.29, 0.717) is 36.9 Å². The highest BCUT2D eigenvalue weighted by molar-refractivity contribution is 5.94. The number of anilines is 2. The number of nitrogens with zero attached hydrogens (tertiary/aromatic N) is 5. The minimum Gasteiger partial charge on any atom is -0.493 e. The van der Waals surface area contributed by atoms with Gasteiger partial charge in [-0.25, -0.2) is 9.97 Å². The summed E-state index contributed by atoms with van der Waals surface area (Å²) >= 11 is 0. The van der Waals surface area contributed by atoms with Crippen molar-refractivity contribution in [1.29, 1.82) is 0 Å². The summed E-state index contributed by atoms with van der Waals surface area (Å²) in [5.74, 6) is 2.61. The van der Waals surface area contributed by atoms with Crippen LogP contribution in [0.2, 0.25) is 0 Å². The van der Waals surface area contributed by atoms with Crippen LogP contribution in [0, 0.1) is 5.92 Å². The Balaban J connectivity index is 1.68. The quantitative estimate of drug-likeness (QED) is 0.446. The molecule has 8 nitrogen and oxygen atoms in total. The van der Waals surface area contributed by atoms with Gasteiger partial charge in [-0.3, -0.25) is 9.69 Å². The number of benzene rings is 2. The molecular formula is C30H39N5O3. The first kappa shape index (κ1) is 27.4. The molecule has 0 bridgehead atoms. The number of para-hydroxylation sites is 1. The second-order valence-corrected chi connectivity index (χ2v) is 10.1. The van der Waals surface area contributed by atoms with Gasteiger partial charge in [0.15, 0.2) is 11.5 Å². The van der Waals surface area contributed by atoms with Gasteiger partial charge in [0.25, 0.3) is 0 Å². The van der Waals surface area contributed by atoms with Gasteiger partial charge in [-0.2, -0.15) is 0 Å². The molecule has 0 saturated heterocycles. The highest BCUT2D eigenvalue weighted by Crippen LogP contribution is 2.29. The number of methoxy groups -OCH3 is 2. The predicted molar refractivity (Wildman–Crippen MR) is 151 cm³/mol. The fourth-order valence-electron chi connectivity index (χ4n) is 4.89. The third-order valence-corrected chi connectivity index (χ3v) is 6.75. The van der Waals surface area contributed by atoms with Crippen LogP contribution in [0.25, 0.3) is 0 Å². The van der Waals surface area contributed by atoms with Gasteiger partial charge in [0.05, 0.1) is 14.2 Å². The molecule has 0 fully saturated rings. The lowest BCUT2D eigenvalue weighted by Crippen LogP contribution is -2.37. The van der Waals surface area contributed by atoms with Crippen LogP contribution < -0.4 is 19.3 Å². The zero-order chi connectivity index (χ0) is 26.9. The lowest BCUT2D eigenvalue weighted by Gasteiger charge is -2.28. The van der Waals surface area contributed by atoms with Crippen molar-refractivity contribution in [1.82, 2.24) is 14.9 Å². The molecule has 0 N–H and O–H groups in total. The molecule has 0 atom stereocenters. The Kier molecular flexibility index (Phi) is 9.54. The molecule has 0 saturated carbocycles. The largest absolute Gasteiger partial charge is 0.493 e. The van der Waals surface area contributed by atoms with Crippen LogP contribution in [0.1, 0.15) is 37.8 Å². The third kappa shape index (κ3) is 7.01. The minimum absolute atomic E-state index is 0.167. The first-order chi connectivity index (χ1) is 18.5. The number of carbonyl (C=O) groups is 1. The highest BCUT2D eigenvalue weighted by atomic mass is 16.5. The zero-order valence-electron chi connectivity index (χ0n) is 23.0. The van der Waals surface area contributed by atoms with Crippen molar-refractivity contribution in [3.05, 3.63) is 72.1 Å². The maximum atomic E-state index is 13.4. The van der Waals surface area contributed by atoms with Crippen molar-refractivity contribution < 1.29 is 14.3 Å². The summed E-state index contributed by atoms with van der Waals surface area (Å²) in [7, 11) is 3.31. The van der Waals surface area contributed by atoms with E-state index in [4.69, 9.17) is 9.47 Å². The van der Waals surface area contributed by atoms with Crippen molar-refractivity contribution in [2.24, 2.45) is 5.92 Å². The van der Waals surface area contributed by atoms with Crippen LogP contribution in [0.4, 0.5) is 11.6 Å². The molecule has 2 heterocycles. The fourth-order valence-corrected chi connectivity index (χ4v) is 4.89. The zero-order valence-corrected chi connectivity index (χ0v) is 23.0. The first-order valence-corrected chi connectivity index (χ1v) is 13.3. The normalized spacial score (nSPS) is 15.1. The Morgan fingerprint density at radius 2 is 1.68 bits per heavy atom. The van der Waals surface area contributed by atoms with Crippen LogP contribution in [0.5, 0.6) is 11.5 Å². The molecule has 4 rings (SSSR count). The second kappa shape index (κ2) is 13.2. The van der Waals surface area contributed by atoms with E-state index in [9.17, 15) is 4.79 Å². The molecule has 0 aliphatic carbocycles. The number of aromatic nitrogens is 2. The molecule has 8 heteroatoms. The molecular weight excluding hydrogens is 478 g/mol. The molecule has 2 aromatic carbocycles. The molecule has 38 heavy (non-hydrogen) atoms. The van der Waals surface area contributed by atoms with Crippen molar-refractivity contribution in [2.75, 3.05) is 50.2 Å². The van der Waals surface area contributed by atoms with E-state index < -0.39 is 0 Å². The van der Waals surface area contributed by atoms with Crippen LogP contribution in [0.15, 0.2) is 60.9 Å². The van der Waals surface area contributed by atoms with E-state index in [2.05, 4.69) is 57.9 Å². The number of fused-ring (bicyclic) bond motifs is 1. The van der Waals surface area contributed by atoms with E-state index in [1.165, 1.54) is 0 Å². The number of ether oxygens (including phenoxy) is 2. The first-order valence-electron chi connectivity index (χ1n) is 13.3. The van der Waals surface area contributed by atoms with E-state index in [0.717, 1.165) is 55.4 Å². The van der Waals surface area contributed by atoms with Crippen LogP contribution >= 0.6 is 0 Å². The third-order valence-electron chi connectivity index (χ3n) is 6.75. The number of amides is 1. The lowest BCUT2D eigenvalue weighted by molar-refractivity contribution is -0.119. The van der Waals surface area contributed by atoms with Crippen LogP contribution in [-0.2, 0) is 17.9 Å². The molecule has 0 spiro atoms. The average molecular weight is 518 g/mol. The minimum atomic E-state index is 0.167. The molecule has 1 aliphatic heterocycles. The van der Waals surface area contributed by atoms with Gasteiger partial charge in [-0.05, 0) is 47.7 Å². The molecule has 202 valence electrons. The Morgan fingerprint density at radius 1 is 0.921 bits per heavy atom. The van der Waals surface area contributed by atoms with E-state index >= 15 is 0 Å². The molecule has 0 radical (unpaired) electrons. The fraction of sp³-hybridized carbons (Fsp3) is 0.433. The number of rotatable bonds is 7. The van der Waals surface area contributed by atoms with Gasteiger partial charge in [-0.1, -0.05) is 38.1 Å². The second-order valence-electron chi connectivity index (χ2n) is 10.1. The number of hydrogen-bond acceptors (Lipinski definition) is 7. The molecule has 1 amide bonds. The van der Waals surface area contributed by atoms with Crippen molar-refractivity contribution in [2.45, 2.75) is 39.8 Å². The van der Waals surface area contributed by atoms with Gasteiger partial charge in [0.1, 0.15) is 0 Å². The van der Waals surface area contributed by atoms with Crippen molar-refractivity contribution >= 4 is 17.5 Å². The van der Waals surface area contributed by atoms with E-state index in [-0.39, 0.29) is 5.91 Å². The Bertz CT molecular complexity index is 1190. The molecule has 1 aromatic heterocycles. The molecule has 0 unspecified atom stereocenters. The highest BCUT2D eigenvalue weighted by Gasteiger charge is 2.23. The SMILES string of the molecule is COc1ccc(CN2CCN(c3ncccn3)CCCN(C(=O)CC(C)C)c3ccccc3C2)cc1OC. The van der Waals surface area contributed by atoms with Crippen molar-refractivity contribution in [3.63, 3.8) is 0 Å². The smallest absolute Gasteiger partial charge is 0.227 e. The summed E-state index contributed by atoms with van der Waals surface area (Å²) in [4.78, 5) is 29.1. The lowest BCUT2D eigenvalue weighted by atomic mass is 10.1. The standard InChI is InChI=1S/C30H39N5O3/c1-23(2)19-29(36)35-16-8-15-34(30-31-13-7-14-32-30)18-17-33(22-25-9-5-6-10-26(25)35)21-24-11-12-27(37-3)28(20-24)38-4/h5-7,9-14,20,23H,8,15-19,21-22H2,1-4H3. The van der Waals surface area contributed by atoms with Gasteiger partial charge in [0, 0.05) is 63.8 Å². The Morgan fingerprint density at radius 3 is 2.42 bits per heavy atom. The summed E-state index contributed by atoms with van der Waals surface area (Å²) < 4.78 is 11.0. The summed E-state index contributed by atoms with van der Waals surface area (Å²) in [6.07, 6.45) is 4.91. The summed E-state index contributed by atoms with van der Waals surface area (Å²) in [5.41, 5.74) is 3.28. The van der Waals surface area contributed by atoms with Crippen LogP contribution in [-0.4, -0.2) is 61.2 Å². The van der Waals surface area contributed by atoms with Gasteiger partial charge in [0.2, 0.25) is 11.9 Å². The van der Waals surface area contributed by atoms with Crippen molar-refractivity contribution in [3.8, 4) is 11.5 Å². The molecule has 3 aromatic rings. The summed E-state index contributed by atoms with van der Waals surface area (Å²) in [6, 6.07) is 16.2. The topological polar surface area (TPSA) is 71.0 Å². The maximum Gasteiger partial charge on any atom is 0.227 e. The summed E-state index contributed by atoms with van der Waals surface area (Å²) in [6.45, 7) is 8.62. The van der Waals surface area contributed by atoms with Crippen LogP contribution in [0.3, 0.4) is 0 Å². The molecule has 1 aliphatic rings. The predicted octanol–water partition coefficient (Wildman–Crippen LogP) is 4.79. The average Bonchev–Trinajstić information content (AvgIpc) is 2.96.